The highest BCUT2D eigenvalue weighted by Gasteiger charge is 2.22. The zero-order valence-electron chi connectivity index (χ0n) is 13.6. The summed E-state index contributed by atoms with van der Waals surface area (Å²) in [5.74, 6) is 0.0474. The van der Waals surface area contributed by atoms with Crippen LogP contribution in [0.2, 0.25) is 0 Å². The van der Waals surface area contributed by atoms with E-state index in [0.717, 1.165) is 30.7 Å². The van der Waals surface area contributed by atoms with Gasteiger partial charge in [0.05, 0.1) is 18.3 Å². The second-order valence-electron chi connectivity index (χ2n) is 5.86. The Morgan fingerprint density at radius 1 is 1.25 bits per heavy atom. The quantitative estimate of drug-likeness (QED) is 0.844. The molecule has 1 amide bonds. The number of pyridine rings is 2. The highest BCUT2D eigenvalue weighted by Crippen LogP contribution is 2.15. The Morgan fingerprint density at radius 2 is 2.12 bits per heavy atom. The minimum absolute atomic E-state index is 0.0474. The van der Waals surface area contributed by atoms with Crippen molar-refractivity contribution in [3.05, 3.63) is 54.6 Å². The van der Waals surface area contributed by atoms with Crippen LogP contribution in [-0.2, 0) is 16.1 Å². The van der Waals surface area contributed by atoms with Gasteiger partial charge >= 0.3 is 0 Å². The number of anilines is 1. The maximum atomic E-state index is 12.7. The molecule has 2 aromatic heterocycles. The van der Waals surface area contributed by atoms with Gasteiger partial charge in [0.15, 0.2) is 0 Å². The van der Waals surface area contributed by atoms with E-state index in [1.54, 1.807) is 24.8 Å². The molecule has 0 bridgehead atoms. The van der Waals surface area contributed by atoms with Gasteiger partial charge in [0.2, 0.25) is 5.91 Å². The molecule has 1 unspecified atom stereocenters. The van der Waals surface area contributed by atoms with Crippen LogP contribution in [-0.4, -0.2) is 46.6 Å². The van der Waals surface area contributed by atoms with Gasteiger partial charge in [-0.3, -0.25) is 14.8 Å². The van der Waals surface area contributed by atoms with Gasteiger partial charge in [0.25, 0.3) is 0 Å². The monoisotopic (exact) mass is 326 g/mol. The molecule has 0 saturated carbocycles. The zero-order chi connectivity index (χ0) is 16.6. The van der Waals surface area contributed by atoms with Crippen LogP contribution in [0.3, 0.4) is 0 Å². The van der Waals surface area contributed by atoms with Gasteiger partial charge in [-0.25, -0.2) is 0 Å². The van der Waals surface area contributed by atoms with E-state index in [1.165, 1.54) is 0 Å². The third-order valence-electron chi connectivity index (χ3n) is 4.03. The average molecular weight is 326 g/mol. The molecule has 24 heavy (non-hydrogen) atoms. The van der Waals surface area contributed by atoms with E-state index in [1.807, 2.05) is 29.2 Å². The van der Waals surface area contributed by atoms with Gasteiger partial charge in [-0.05, 0) is 42.7 Å². The molecule has 0 aromatic carbocycles. The number of nitrogens with one attached hydrogen (secondary N) is 1. The number of nitrogens with zero attached hydrogens (tertiary/aromatic N) is 3. The summed E-state index contributed by atoms with van der Waals surface area (Å²) in [6.45, 7) is 2.21. The fourth-order valence-corrected chi connectivity index (χ4v) is 2.75. The molecule has 3 rings (SSSR count). The molecule has 1 fully saturated rings. The first kappa shape index (κ1) is 16.4. The van der Waals surface area contributed by atoms with Crippen molar-refractivity contribution in [3.63, 3.8) is 0 Å². The number of rotatable bonds is 7. The summed E-state index contributed by atoms with van der Waals surface area (Å²) in [5.41, 5.74) is 1.91. The van der Waals surface area contributed by atoms with Crippen molar-refractivity contribution in [2.24, 2.45) is 0 Å². The number of ether oxygens (including phenoxy) is 1. The lowest BCUT2D eigenvalue weighted by Gasteiger charge is -2.26. The van der Waals surface area contributed by atoms with E-state index in [9.17, 15) is 4.79 Å². The molecule has 126 valence electrons. The lowest BCUT2D eigenvalue weighted by atomic mass is 10.2. The second-order valence-corrected chi connectivity index (χ2v) is 5.86. The molecular weight excluding hydrogens is 304 g/mol. The third kappa shape index (κ3) is 4.76. The molecule has 1 saturated heterocycles. The number of hydrogen-bond acceptors (Lipinski definition) is 5. The van der Waals surface area contributed by atoms with Crippen LogP contribution in [0.5, 0.6) is 0 Å². The molecule has 0 radical (unpaired) electrons. The van der Waals surface area contributed by atoms with E-state index in [4.69, 9.17) is 4.74 Å². The molecule has 1 atom stereocenters. The molecule has 6 heteroatoms. The van der Waals surface area contributed by atoms with Gasteiger partial charge in [-0.2, -0.15) is 0 Å². The van der Waals surface area contributed by atoms with Gasteiger partial charge < -0.3 is 15.0 Å². The summed E-state index contributed by atoms with van der Waals surface area (Å²) in [5, 5.41) is 3.13. The predicted octanol–water partition coefficient (Wildman–Crippen LogP) is 2.10. The van der Waals surface area contributed by atoms with Gasteiger partial charge in [0, 0.05) is 44.5 Å². The fraction of sp³-hybridized carbons (Fsp3) is 0.389. The number of carbonyl (C=O) groups excluding carboxylic acids is 1. The molecule has 3 heterocycles. The first-order valence-corrected chi connectivity index (χ1v) is 8.23. The second kappa shape index (κ2) is 8.40. The smallest absolute Gasteiger partial charge is 0.242 e. The van der Waals surface area contributed by atoms with Crippen molar-refractivity contribution < 1.29 is 9.53 Å². The SMILES string of the molecule is O=C(CNc1cccnc1)N(Cc1ccncc1)CC1CCCO1. The van der Waals surface area contributed by atoms with Crippen molar-refractivity contribution in [3.8, 4) is 0 Å². The number of aromatic nitrogens is 2. The number of carbonyl (C=O) groups is 1. The van der Waals surface area contributed by atoms with E-state index < -0.39 is 0 Å². The Balaban J connectivity index is 1.62. The van der Waals surface area contributed by atoms with E-state index in [-0.39, 0.29) is 18.6 Å². The summed E-state index contributed by atoms with van der Waals surface area (Å²) >= 11 is 0. The van der Waals surface area contributed by atoms with Gasteiger partial charge in [0.1, 0.15) is 0 Å². The first-order valence-electron chi connectivity index (χ1n) is 8.23. The summed E-state index contributed by atoms with van der Waals surface area (Å²) in [7, 11) is 0. The van der Waals surface area contributed by atoms with Crippen molar-refractivity contribution in [2.45, 2.75) is 25.5 Å². The Hall–Kier alpha value is -2.47. The highest BCUT2D eigenvalue weighted by atomic mass is 16.5. The normalized spacial score (nSPS) is 16.8. The van der Waals surface area contributed by atoms with E-state index in [2.05, 4.69) is 15.3 Å². The third-order valence-corrected chi connectivity index (χ3v) is 4.03. The maximum absolute atomic E-state index is 12.7. The van der Waals surface area contributed by atoms with Gasteiger partial charge in [-0.15, -0.1) is 0 Å². The van der Waals surface area contributed by atoms with Crippen LogP contribution in [0.1, 0.15) is 18.4 Å². The van der Waals surface area contributed by atoms with E-state index >= 15 is 0 Å². The summed E-state index contributed by atoms with van der Waals surface area (Å²) in [6, 6.07) is 7.61. The van der Waals surface area contributed by atoms with Gasteiger partial charge in [-0.1, -0.05) is 0 Å². The van der Waals surface area contributed by atoms with Crippen molar-refractivity contribution >= 4 is 11.6 Å². The molecular formula is C18H22N4O2. The molecule has 6 nitrogen and oxygen atoms in total. The molecule has 0 aliphatic carbocycles. The Kier molecular flexibility index (Phi) is 5.74. The molecule has 0 spiro atoms. The van der Waals surface area contributed by atoms with Crippen LogP contribution in [0.15, 0.2) is 49.1 Å². The molecule has 1 aliphatic heterocycles. The van der Waals surface area contributed by atoms with Crippen molar-refractivity contribution in [1.82, 2.24) is 14.9 Å². The lowest BCUT2D eigenvalue weighted by molar-refractivity contribution is -0.131. The number of amides is 1. The lowest BCUT2D eigenvalue weighted by Crippen LogP contribution is -2.40. The largest absolute Gasteiger partial charge is 0.376 e. The van der Waals surface area contributed by atoms with Crippen LogP contribution in [0.4, 0.5) is 5.69 Å². The predicted molar refractivity (Wildman–Crippen MR) is 91.4 cm³/mol. The van der Waals surface area contributed by atoms with Crippen molar-refractivity contribution in [2.75, 3.05) is 25.0 Å². The molecule has 1 aliphatic rings. The van der Waals surface area contributed by atoms with Crippen LogP contribution >= 0.6 is 0 Å². The summed E-state index contributed by atoms with van der Waals surface area (Å²) < 4.78 is 5.70. The fourth-order valence-electron chi connectivity index (χ4n) is 2.75. The summed E-state index contributed by atoms with van der Waals surface area (Å²) in [6.07, 6.45) is 9.12. The highest BCUT2D eigenvalue weighted by molar-refractivity contribution is 5.80. The number of hydrogen-bond donors (Lipinski definition) is 1. The first-order chi connectivity index (χ1) is 11.8. The maximum Gasteiger partial charge on any atom is 0.242 e. The summed E-state index contributed by atoms with van der Waals surface area (Å²) in [4.78, 5) is 22.6. The minimum Gasteiger partial charge on any atom is -0.376 e. The molecule has 1 N–H and O–H groups in total. The standard InChI is InChI=1S/C18H22N4O2/c23-18(12-21-16-3-1-7-20-11-16)22(14-17-4-2-10-24-17)13-15-5-8-19-9-6-15/h1,3,5-9,11,17,21H,2,4,10,12-14H2. The van der Waals surface area contributed by atoms with E-state index in [0.29, 0.717) is 13.1 Å². The van der Waals surface area contributed by atoms with Crippen molar-refractivity contribution in [1.29, 1.82) is 0 Å². The zero-order valence-corrected chi connectivity index (χ0v) is 13.6. The van der Waals surface area contributed by atoms with Crippen LogP contribution in [0, 0.1) is 0 Å². The van der Waals surface area contributed by atoms with Crippen LogP contribution in [0.25, 0.3) is 0 Å². The topological polar surface area (TPSA) is 67.4 Å². The Bertz CT molecular complexity index is 630. The Labute approximate surface area is 141 Å². The van der Waals surface area contributed by atoms with Crippen LogP contribution < -0.4 is 5.32 Å². The molecule has 2 aromatic rings. The Morgan fingerprint density at radius 3 is 2.83 bits per heavy atom. The average Bonchev–Trinajstić information content (AvgIpc) is 3.14. The minimum atomic E-state index is 0.0474.